The molecule has 0 saturated carbocycles. The van der Waals surface area contributed by atoms with Gasteiger partial charge in [0.1, 0.15) is 0 Å². The number of carbonyl (C=O) groups is 1. The predicted molar refractivity (Wildman–Crippen MR) is 113 cm³/mol. The van der Waals surface area contributed by atoms with Crippen LogP contribution in [-0.2, 0) is 10.0 Å². The standard InChI is InChI=1S/C20H25BrN2O3S/c1-5-23(6-2)27(25,26)15-11-12-18(21)17(13-15)20(24)22-19-10-8-7-9-16(19)14(3)4/h7-14H,5-6H2,1-4H3,(H,22,24). The average Bonchev–Trinajstić information content (AvgIpc) is 2.62. The molecular weight excluding hydrogens is 428 g/mol. The third-order valence-corrected chi connectivity index (χ3v) is 7.09. The van der Waals surface area contributed by atoms with Crippen LogP contribution < -0.4 is 5.32 Å². The van der Waals surface area contributed by atoms with Gasteiger partial charge in [0.05, 0.1) is 10.5 Å². The summed E-state index contributed by atoms with van der Waals surface area (Å²) in [7, 11) is -3.64. The highest BCUT2D eigenvalue weighted by Crippen LogP contribution is 2.27. The predicted octanol–water partition coefficient (Wildman–Crippen LogP) is 4.86. The summed E-state index contributed by atoms with van der Waals surface area (Å²) in [6, 6.07) is 12.1. The normalized spacial score (nSPS) is 11.8. The maximum absolute atomic E-state index is 12.8. The van der Waals surface area contributed by atoms with E-state index in [0.717, 1.165) is 11.3 Å². The number of para-hydroxylation sites is 1. The Balaban J connectivity index is 2.41. The lowest BCUT2D eigenvalue weighted by atomic mass is 10.0. The smallest absolute Gasteiger partial charge is 0.256 e. The summed E-state index contributed by atoms with van der Waals surface area (Å²) in [5.41, 5.74) is 2.03. The zero-order valence-electron chi connectivity index (χ0n) is 16.0. The van der Waals surface area contributed by atoms with Gasteiger partial charge in [0.2, 0.25) is 10.0 Å². The first kappa shape index (κ1) is 21.6. The van der Waals surface area contributed by atoms with E-state index in [4.69, 9.17) is 0 Å². The van der Waals surface area contributed by atoms with Gasteiger partial charge in [-0.05, 0) is 51.7 Å². The molecule has 0 atom stereocenters. The molecule has 146 valence electrons. The van der Waals surface area contributed by atoms with E-state index in [9.17, 15) is 13.2 Å². The van der Waals surface area contributed by atoms with E-state index in [1.54, 1.807) is 19.9 Å². The van der Waals surface area contributed by atoms with Crippen molar-refractivity contribution in [1.82, 2.24) is 4.31 Å². The topological polar surface area (TPSA) is 66.5 Å². The molecule has 1 amide bonds. The molecule has 0 aromatic heterocycles. The maximum atomic E-state index is 12.8. The van der Waals surface area contributed by atoms with E-state index in [0.29, 0.717) is 17.6 Å². The lowest BCUT2D eigenvalue weighted by Crippen LogP contribution is -2.30. The fraction of sp³-hybridized carbons (Fsp3) is 0.350. The third-order valence-electron chi connectivity index (χ3n) is 4.36. The Hall–Kier alpha value is -1.70. The molecule has 0 bridgehead atoms. The number of benzene rings is 2. The van der Waals surface area contributed by atoms with Gasteiger partial charge in [0.15, 0.2) is 0 Å². The Kier molecular flexibility index (Phi) is 7.19. The Morgan fingerprint density at radius 2 is 1.74 bits per heavy atom. The summed E-state index contributed by atoms with van der Waals surface area (Å²) in [6.07, 6.45) is 0. The van der Waals surface area contributed by atoms with Gasteiger partial charge in [-0.1, -0.05) is 45.9 Å². The van der Waals surface area contributed by atoms with Gasteiger partial charge in [0, 0.05) is 23.2 Å². The zero-order chi connectivity index (χ0) is 20.2. The summed E-state index contributed by atoms with van der Waals surface area (Å²) < 4.78 is 27.4. The first-order chi connectivity index (χ1) is 12.7. The Morgan fingerprint density at radius 3 is 2.33 bits per heavy atom. The molecule has 0 fully saturated rings. The van der Waals surface area contributed by atoms with Crippen molar-refractivity contribution in [3.05, 3.63) is 58.1 Å². The summed E-state index contributed by atoms with van der Waals surface area (Å²) in [5, 5.41) is 2.91. The summed E-state index contributed by atoms with van der Waals surface area (Å²) in [5.74, 6) is -0.106. The molecule has 27 heavy (non-hydrogen) atoms. The summed E-state index contributed by atoms with van der Waals surface area (Å²) in [6.45, 7) is 8.43. The number of amides is 1. The maximum Gasteiger partial charge on any atom is 0.256 e. The van der Waals surface area contributed by atoms with Gasteiger partial charge in [-0.3, -0.25) is 4.79 Å². The first-order valence-electron chi connectivity index (χ1n) is 8.92. The highest BCUT2D eigenvalue weighted by atomic mass is 79.9. The van der Waals surface area contributed by atoms with E-state index >= 15 is 0 Å². The molecular formula is C20H25BrN2O3S. The van der Waals surface area contributed by atoms with Gasteiger partial charge in [-0.15, -0.1) is 0 Å². The lowest BCUT2D eigenvalue weighted by molar-refractivity contribution is 0.102. The second-order valence-electron chi connectivity index (χ2n) is 6.43. The Morgan fingerprint density at radius 1 is 1.11 bits per heavy atom. The van der Waals surface area contributed by atoms with Crippen molar-refractivity contribution in [2.75, 3.05) is 18.4 Å². The van der Waals surface area contributed by atoms with Gasteiger partial charge >= 0.3 is 0 Å². The molecule has 0 aliphatic heterocycles. The second-order valence-corrected chi connectivity index (χ2v) is 9.22. The minimum atomic E-state index is -3.64. The number of rotatable bonds is 7. The molecule has 0 aliphatic rings. The lowest BCUT2D eigenvalue weighted by Gasteiger charge is -2.19. The molecule has 2 aromatic rings. The largest absolute Gasteiger partial charge is 0.322 e. The molecule has 1 N–H and O–H groups in total. The number of hydrogen-bond acceptors (Lipinski definition) is 3. The van der Waals surface area contributed by atoms with Crippen LogP contribution in [-0.4, -0.2) is 31.7 Å². The van der Waals surface area contributed by atoms with Crippen LogP contribution in [0.3, 0.4) is 0 Å². The number of halogens is 1. The number of nitrogens with one attached hydrogen (secondary N) is 1. The number of hydrogen-bond donors (Lipinski definition) is 1. The molecule has 7 heteroatoms. The first-order valence-corrected chi connectivity index (χ1v) is 11.2. The van der Waals surface area contributed by atoms with E-state index in [2.05, 4.69) is 35.1 Å². The van der Waals surface area contributed by atoms with Crippen LogP contribution in [0.25, 0.3) is 0 Å². The van der Waals surface area contributed by atoms with Crippen LogP contribution in [0.1, 0.15) is 49.5 Å². The van der Waals surface area contributed by atoms with Crippen LogP contribution >= 0.6 is 15.9 Å². The van der Waals surface area contributed by atoms with Crippen LogP contribution in [0.2, 0.25) is 0 Å². The van der Waals surface area contributed by atoms with E-state index < -0.39 is 10.0 Å². The molecule has 2 aromatic carbocycles. The molecule has 0 heterocycles. The molecule has 0 spiro atoms. The fourth-order valence-electron chi connectivity index (χ4n) is 2.86. The molecule has 2 rings (SSSR count). The molecule has 0 radical (unpaired) electrons. The monoisotopic (exact) mass is 452 g/mol. The van der Waals surface area contributed by atoms with Crippen LogP contribution in [0.15, 0.2) is 51.8 Å². The van der Waals surface area contributed by atoms with Gasteiger partial charge in [-0.2, -0.15) is 4.31 Å². The Bertz CT molecular complexity index is 923. The van der Waals surface area contributed by atoms with E-state index in [-0.39, 0.29) is 22.3 Å². The van der Waals surface area contributed by atoms with Crippen molar-refractivity contribution in [3.8, 4) is 0 Å². The van der Waals surface area contributed by atoms with Crippen LogP contribution in [0.4, 0.5) is 5.69 Å². The highest BCUT2D eigenvalue weighted by Gasteiger charge is 2.24. The van der Waals surface area contributed by atoms with Crippen molar-refractivity contribution < 1.29 is 13.2 Å². The zero-order valence-corrected chi connectivity index (χ0v) is 18.4. The quantitative estimate of drug-likeness (QED) is 0.652. The number of carbonyl (C=O) groups excluding carboxylic acids is 1. The van der Waals surface area contributed by atoms with Crippen LogP contribution in [0, 0.1) is 0 Å². The third kappa shape index (κ3) is 4.78. The SMILES string of the molecule is CCN(CC)S(=O)(=O)c1ccc(Br)c(C(=O)Nc2ccccc2C(C)C)c1. The highest BCUT2D eigenvalue weighted by molar-refractivity contribution is 9.10. The van der Waals surface area contributed by atoms with Crippen molar-refractivity contribution in [3.63, 3.8) is 0 Å². The van der Waals surface area contributed by atoms with Gasteiger partial charge in [0.25, 0.3) is 5.91 Å². The van der Waals surface area contributed by atoms with E-state index in [1.165, 1.54) is 16.4 Å². The molecule has 0 saturated heterocycles. The number of nitrogens with zero attached hydrogens (tertiary/aromatic N) is 1. The molecule has 0 aliphatic carbocycles. The minimum absolute atomic E-state index is 0.108. The summed E-state index contributed by atoms with van der Waals surface area (Å²) in [4.78, 5) is 13.0. The van der Waals surface area contributed by atoms with Gasteiger partial charge < -0.3 is 5.32 Å². The van der Waals surface area contributed by atoms with E-state index in [1.807, 2.05) is 24.3 Å². The van der Waals surface area contributed by atoms with Crippen LogP contribution in [0.5, 0.6) is 0 Å². The second kappa shape index (κ2) is 8.99. The van der Waals surface area contributed by atoms with Crippen molar-refractivity contribution in [1.29, 1.82) is 0 Å². The number of sulfonamides is 1. The fourth-order valence-corrected chi connectivity index (χ4v) is 4.77. The van der Waals surface area contributed by atoms with Crippen molar-refractivity contribution >= 4 is 37.5 Å². The molecule has 0 unspecified atom stereocenters. The van der Waals surface area contributed by atoms with Crippen molar-refractivity contribution in [2.24, 2.45) is 0 Å². The number of anilines is 1. The Labute approximate surface area is 170 Å². The minimum Gasteiger partial charge on any atom is -0.322 e. The van der Waals surface area contributed by atoms with Crippen molar-refractivity contribution in [2.45, 2.75) is 38.5 Å². The van der Waals surface area contributed by atoms with Gasteiger partial charge in [-0.25, -0.2) is 8.42 Å². The summed E-state index contributed by atoms with van der Waals surface area (Å²) >= 11 is 3.36. The average molecular weight is 453 g/mol. The molecule has 5 nitrogen and oxygen atoms in total.